The van der Waals surface area contributed by atoms with Gasteiger partial charge in [0.25, 0.3) is 0 Å². The van der Waals surface area contributed by atoms with Crippen LogP contribution in [0.15, 0.2) is 0 Å². The fourth-order valence-corrected chi connectivity index (χ4v) is 8.10. The maximum absolute atomic E-state index is 10.9. The van der Waals surface area contributed by atoms with Crippen molar-refractivity contribution in [2.24, 2.45) is 5.92 Å². The molecule has 0 radical (unpaired) electrons. The van der Waals surface area contributed by atoms with Crippen molar-refractivity contribution in [2.75, 3.05) is 11.5 Å². The van der Waals surface area contributed by atoms with Gasteiger partial charge in [0.1, 0.15) is 0 Å². The van der Waals surface area contributed by atoms with Crippen LogP contribution in [-0.4, -0.2) is 31.4 Å². The largest absolute Gasteiger partial charge is 0.481 e. The number of thioether (sulfide) groups is 2. The summed E-state index contributed by atoms with van der Waals surface area (Å²) in [6.45, 7) is 2.25. The summed E-state index contributed by atoms with van der Waals surface area (Å²) in [4.78, 5) is 10.9. The molecule has 1 N–H and O–H groups in total. The third kappa shape index (κ3) is 3.15. The lowest BCUT2D eigenvalue weighted by Gasteiger charge is -2.38. The van der Waals surface area contributed by atoms with Gasteiger partial charge in [-0.15, -0.1) is 23.5 Å². The molecule has 1 aliphatic carbocycles. The van der Waals surface area contributed by atoms with E-state index in [2.05, 4.69) is 43.1 Å². The average molecular weight is 307 g/mol. The minimum Gasteiger partial charge on any atom is -0.481 e. The van der Waals surface area contributed by atoms with E-state index in [-0.39, 0.29) is 4.08 Å². The van der Waals surface area contributed by atoms with E-state index in [4.69, 9.17) is 5.11 Å². The van der Waals surface area contributed by atoms with Crippen molar-refractivity contribution in [3.8, 4) is 0 Å². The topological polar surface area (TPSA) is 37.3 Å². The second-order valence-corrected chi connectivity index (χ2v) is 9.34. The molecule has 3 atom stereocenters. The van der Waals surface area contributed by atoms with E-state index in [1.54, 1.807) is 0 Å². The molecule has 1 spiro atoms. The number of hydrogen-bond acceptors (Lipinski definition) is 4. The summed E-state index contributed by atoms with van der Waals surface area (Å²) in [6, 6.07) is 0. The predicted octanol–water partition coefficient (Wildman–Crippen LogP) is 3.91. The molecule has 1 saturated carbocycles. The summed E-state index contributed by atoms with van der Waals surface area (Å²) in [5.74, 6) is 1.86. The van der Waals surface area contributed by atoms with Crippen LogP contribution < -0.4 is 0 Å². The number of rotatable bonds is 4. The SMILES string of the molecule is CCC1(CS)CSC2(CCCC(CC(=O)O)C2)S1. The van der Waals surface area contributed by atoms with E-state index in [1.165, 1.54) is 25.0 Å². The zero-order valence-corrected chi connectivity index (χ0v) is 13.4. The van der Waals surface area contributed by atoms with E-state index in [9.17, 15) is 4.79 Å². The first-order valence-corrected chi connectivity index (χ1v) is 9.13. The van der Waals surface area contributed by atoms with Crippen molar-refractivity contribution in [3.63, 3.8) is 0 Å². The molecule has 1 heterocycles. The Balaban J connectivity index is 2.02. The minimum atomic E-state index is -0.638. The van der Waals surface area contributed by atoms with Crippen LogP contribution in [-0.2, 0) is 4.79 Å². The van der Waals surface area contributed by atoms with Crippen molar-refractivity contribution in [3.05, 3.63) is 0 Å². The van der Waals surface area contributed by atoms with Crippen LogP contribution in [0.1, 0.15) is 45.4 Å². The second kappa shape index (κ2) is 5.88. The van der Waals surface area contributed by atoms with E-state index < -0.39 is 5.97 Å². The zero-order valence-electron chi connectivity index (χ0n) is 10.9. The molecule has 2 aliphatic rings. The fraction of sp³-hybridized carbons (Fsp3) is 0.923. The molecule has 1 saturated heterocycles. The van der Waals surface area contributed by atoms with Gasteiger partial charge < -0.3 is 5.11 Å². The number of hydrogen-bond donors (Lipinski definition) is 2. The zero-order chi connectivity index (χ0) is 13.2. The van der Waals surface area contributed by atoms with Gasteiger partial charge in [0.05, 0.1) is 4.08 Å². The first-order chi connectivity index (χ1) is 8.53. The van der Waals surface area contributed by atoms with Gasteiger partial charge in [-0.3, -0.25) is 4.79 Å². The monoisotopic (exact) mass is 306 g/mol. The molecule has 5 heteroatoms. The summed E-state index contributed by atoms with van der Waals surface area (Å²) in [5, 5.41) is 8.97. The van der Waals surface area contributed by atoms with E-state index in [0.717, 1.165) is 18.6 Å². The van der Waals surface area contributed by atoms with Crippen LogP contribution in [0, 0.1) is 5.92 Å². The maximum atomic E-state index is 10.9. The second-order valence-electron chi connectivity index (χ2n) is 5.56. The summed E-state index contributed by atoms with van der Waals surface area (Å²) in [7, 11) is 0. The van der Waals surface area contributed by atoms with Crippen LogP contribution in [0.3, 0.4) is 0 Å². The smallest absolute Gasteiger partial charge is 0.303 e. The van der Waals surface area contributed by atoms with Gasteiger partial charge >= 0.3 is 5.97 Å². The van der Waals surface area contributed by atoms with Crippen molar-refractivity contribution >= 4 is 42.1 Å². The maximum Gasteiger partial charge on any atom is 0.303 e. The van der Waals surface area contributed by atoms with Crippen LogP contribution >= 0.6 is 36.2 Å². The Morgan fingerprint density at radius 3 is 2.89 bits per heavy atom. The van der Waals surface area contributed by atoms with Crippen LogP contribution in [0.5, 0.6) is 0 Å². The molecule has 0 amide bonds. The Kier molecular flexibility index (Phi) is 4.87. The van der Waals surface area contributed by atoms with Gasteiger partial charge in [-0.2, -0.15) is 12.6 Å². The molecule has 2 rings (SSSR count). The Bertz CT molecular complexity index is 317. The lowest BCUT2D eigenvalue weighted by molar-refractivity contribution is -0.138. The molecular weight excluding hydrogens is 284 g/mol. The van der Waals surface area contributed by atoms with Gasteiger partial charge in [0.2, 0.25) is 0 Å². The standard InChI is InChI=1S/C13H22O2S3/c1-2-12(8-16)9-17-13(18-12)5-3-4-10(7-13)6-11(14)15/h10,16H,2-9H2,1H3,(H,14,15). The molecule has 0 aromatic rings. The van der Waals surface area contributed by atoms with Crippen molar-refractivity contribution in [1.82, 2.24) is 0 Å². The van der Waals surface area contributed by atoms with Gasteiger partial charge in [0, 0.05) is 22.7 Å². The highest BCUT2D eigenvalue weighted by molar-refractivity contribution is 8.22. The number of aliphatic carboxylic acids is 1. The molecule has 0 bridgehead atoms. The van der Waals surface area contributed by atoms with Gasteiger partial charge in [-0.25, -0.2) is 0 Å². The lowest BCUT2D eigenvalue weighted by atomic mass is 9.86. The van der Waals surface area contributed by atoms with Gasteiger partial charge in [-0.05, 0) is 31.6 Å². The van der Waals surface area contributed by atoms with Gasteiger partial charge in [0.15, 0.2) is 0 Å². The molecule has 0 aromatic carbocycles. The van der Waals surface area contributed by atoms with Crippen LogP contribution in [0.2, 0.25) is 0 Å². The molecule has 3 unspecified atom stereocenters. The third-order valence-corrected chi connectivity index (χ3v) is 9.12. The Labute approximate surface area is 123 Å². The summed E-state index contributed by atoms with van der Waals surface area (Å²) in [5.41, 5.74) is 0. The van der Waals surface area contributed by atoms with Crippen molar-refractivity contribution in [1.29, 1.82) is 0 Å². The highest BCUT2D eigenvalue weighted by atomic mass is 32.2. The molecule has 0 aromatic heterocycles. The lowest BCUT2D eigenvalue weighted by Crippen LogP contribution is -2.31. The number of thiol groups is 1. The van der Waals surface area contributed by atoms with Crippen molar-refractivity contribution < 1.29 is 9.90 Å². The number of carboxylic acid groups (broad SMARTS) is 1. The first-order valence-electron chi connectivity index (χ1n) is 6.70. The fourth-order valence-electron chi connectivity index (χ4n) is 3.03. The normalized spacial score (nSPS) is 40.2. The number of carboxylic acids is 1. The minimum absolute atomic E-state index is 0.289. The van der Waals surface area contributed by atoms with Crippen LogP contribution in [0.25, 0.3) is 0 Å². The number of carbonyl (C=O) groups is 1. The van der Waals surface area contributed by atoms with E-state index in [0.29, 0.717) is 17.1 Å². The van der Waals surface area contributed by atoms with E-state index in [1.807, 2.05) is 0 Å². The molecule has 2 fully saturated rings. The van der Waals surface area contributed by atoms with Crippen LogP contribution in [0.4, 0.5) is 0 Å². The first kappa shape index (κ1) is 14.9. The Morgan fingerprint density at radius 2 is 2.33 bits per heavy atom. The summed E-state index contributed by atoms with van der Waals surface area (Å²) < 4.78 is 0.607. The highest BCUT2D eigenvalue weighted by Gasteiger charge is 2.50. The highest BCUT2D eigenvalue weighted by Crippen LogP contribution is 2.62. The molecule has 18 heavy (non-hydrogen) atoms. The van der Waals surface area contributed by atoms with Crippen molar-refractivity contribution in [2.45, 2.75) is 54.3 Å². The quantitative estimate of drug-likeness (QED) is 0.772. The Morgan fingerprint density at radius 1 is 1.56 bits per heavy atom. The third-order valence-electron chi connectivity index (χ3n) is 4.17. The average Bonchev–Trinajstić information content (AvgIpc) is 2.68. The molecule has 104 valence electrons. The summed E-state index contributed by atoms with van der Waals surface area (Å²) >= 11 is 8.71. The molecule has 2 nitrogen and oxygen atoms in total. The van der Waals surface area contributed by atoms with E-state index >= 15 is 0 Å². The molecule has 1 aliphatic heterocycles. The van der Waals surface area contributed by atoms with Gasteiger partial charge in [-0.1, -0.05) is 13.3 Å². The molecular formula is C13H22O2S3. The Hall–Kier alpha value is 0.520. The summed E-state index contributed by atoms with van der Waals surface area (Å²) in [6.07, 6.45) is 6.11. The predicted molar refractivity (Wildman–Crippen MR) is 83.9 cm³/mol.